The summed E-state index contributed by atoms with van der Waals surface area (Å²) < 4.78 is 10.4. The van der Waals surface area contributed by atoms with E-state index in [-0.39, 0.29) is 11.8 Å². The molecule has 6 nitrogen and oxygen atoms in total. The maximum Gasteiger partial charge on any atom is 0.255 e. The SMILES string of the molecule is COc1ccc(C(=O)Nc2ccc(SCC(=O)Nc3ccc(C)c(C)c3)cc2)cc1OC. The highest BCUT2D eigenvalue weighted by atomic mass is 32.2. The molecule has 0 aromatic heterocycles. The lowest BCUT2D eigenvalue weighted by atomic mass is 10.1. The minimum Gasteiger partial charge on any atom is -0.493 e. The van der Waals surface area contributed by atoms with Crippen LogP contribution >= 0.6 is 11.8 Å². The Kier molecular flexibility index (Phi) is 7.78. The van der Waals surface area contributed by atoms with Crippen molar-refractivity contribution in [1.29, 1.82) is 0 Å². The first-order chi connectivity index (χ1) is 15.4. The first kappa shape index (κ1) is 23.2. The molecule has 3 aromatic rings. The normalized spacial score (nSPS) is 10.4. The number of hydrogen-bond acceptors (Lipinski definition) is 5. The summed E-state index contributed by atoms with van der Waals surface area (Å²) in [5.41, 5.74) is 4.25. The van der Waals surface area contributed by atoms with Crippen molar-refractivity contribution in [3.8, 4) is 11.5 Å². The first-order valence-electron chi connectivity index (χ1n) is 10.0. The molecule has 0 fully saturated rings. The van der Waals surface area contributed by atoms with Crippen LogP contribution < -0.4 is 20.1 Å². The van der Waals surface area contributed by atoms with Gasteiger partial charge in [-0.05, 0) is 79.6 Å². The molecule has 7 heteroatoms. The highest BCUT2D eigenvalue weighted by molar-refractivity contribution is 8.00. The lowest BCUT2D eigenvalue weighted by Crippen LogP contribution is -2.14. The van der Waals surface area contributed by atoms with Gasteiger partial charge in [0.1, 0.15) is 0 Å². The van der Waals surface area contributed by atoms with E-state index >= 15 is 0 Å². The fourth-order valence-corrected chi connectivity index (χ4v) is 3.68. The molecule has 166 valence electrons. The quantitative estimate of drug-likeness (QED) is 0.455. The molecular weight excluding hydrogens is 424 g/mol. The van der Waals surface area contributed by atoms with Crippen molar-refractivity contribution >= 4 is 35.0 Å². The van der Waals surface area contributed by atoms with Crippen molar-refractivity contribution in [2.45, 2.75) is 18.7 Å². The standard InChI is InChI=1S/C25H26N2O4S/c1-16-5-7-20(13-17(16)2)26-24(28)15-32-21-10-8-19(9-11-21)27-25(29)18-6-12-22(30-3)23(14-18)31-4/h5-14H,15H2,1-4H3,(H,26,28)(H,27,29). The van der Waals surface area contributed by atoms with E-state index in [1.54, 1.807) is 25.3 Å². The van der Waals surface area contributed by atoms with Gasteiger partial charge in [0.05, 0.1) is 20.0 Å². The average Bonchev–Trinajstić information content (AvgIpc) is 2.80. The molecule has 0 bridgehead atoms. The van der Waals surface area contributed by atoms with Crippen LogP contribution in [0.5, 0.6) is 11.5 Å². The molecule has 0 aliphatic rings. The van der Waals surface area contributed by atoms with Crippen LogP contribution in [0.1, 0.15) is 21.5 Å². The van der Waals surface area contributed by atoms with E-state index in [0.29, 0.717) is 28.5 Å². The Morgan fingerprint density at radius 3 is 2.12 bits per heavy atom. The number of ether oxygens (including phenoxy) is 2. The minimum atomic E-state index is -0.251. The largest absolute Gasteiger partial charge is 0.493 e. The molecule has 0 saturated carbocycles. The number of benzene rings is 3. The molecule has 0 spiro atoms. The second kappa shape index (κ2) is 10.7. The lowest BCUT2D eigenvalue weighted by Gasteiger charge is -2.10. The molecule has 32 heavy (non-hydrogen) atoms. The molecule has 2 N–H and O–H groups in total. The molecule has 0 aliphatic carbocycles. The van der Waals surface area contributed by atoms with E-state index in [1.165, 1.54) is 24.4 Å². The number of hydrogen-bond donors (Lipinski definition) is 2. The van der Waals surface area contributed by atoms with Gasteiger partial charge in [0.15, 0.2) is 11.5 Å². The Morgan fingerprint density at radius 1 is 0.781 bits per heavy atom. The van der Waals surface area contributed by atoms with Gasteiger partial charge in [-0.3, -0.25) is 9.59 Å². The van der Waals surface area contributed by atoms with E-state index in [4.69, 9.17) is 9.47 Å². The van der Waals surface area contributed by atoms with Crippen molar-refractivity contribution < 1.29 is 19.1 Å². The number of thioether (sulfide) groups is 1. The van der Waals surface area contributed by atoms with E-state index in [2.05, 4.69) is 10.6 Å². The van der Waals surface area contributed by atoms with Crippen LogP contribution in [0.3, 0.4) is 0 Å². The van der Waals surface area contributed by atoms with Gasteiger partial charge >= 0.3 is 0 Å². The van der Waals surface area contributed by atoms with Gasteiger partial charge in [0.25, 0.3) is 5.91 Å². The molecule has 0 unspecified atom stereocenters. The van der Waals surface area contributed by atoms with Crippen LogP contribution in [-0.4, -0.2) is 31.8 Å². The summed E-state index contributed by atoms with van der Waals surface area (Å²) in [5.74, 6) is 1.03. The number of amides is 2. The van der Waals surface area contributed by atoms with Crippen LogP contribution in [0.2, 0.25) is 0 Å². The summed E-state index contributed by atoms with van der Waals surface area (Å²) in [4.78, 5) is 25.7. The third-order valence-corrected chi connectivity index (χ3v) is 5.93. The van der Waals surface area contributed by atoms with Gasteiger partial charge in [-0.2, -0.15) is 0 Å². The number of methoxy groups -OCH3 is 2. The number of nitrogens with one attached hydrogen (secondary N) is 2. The average molecular weight is 451 g/mol. The smallest absolute Gasteiger partial charge is 0.255 e. The second-order valence-electron chi connectivity index (χ2n) is 7.18. The second-order valence-corrected chi connectivity index (χ2v) is 8.23. The molecule has 0 radical (unpaired) electrons. The molecular formula is C25H26N2O4S. The Bertz CT molecular complexity index is 1110. The maximum absolute atomic E-state index is 12.5. The van der Waals surface area contributed by atoms with Crippen molar-refractivity contribution in [2.24, 2.45) is 0 Å². The summed E-state index contributed by atoms with van der Waals surface area (Å²) in [5, 5.41) is 5.78. The van der Waals surface area contributed by atoms with Gasteiger partial charge in [-0.1, -0.05) is 6.07 Å². The predicted molar refractivity (Wildman–Crippen MR) is 129 cm³/mol. The molecule has 0 atom stereocenters. The van der Waals surface area contributed by atoms with E-state index < -0.39 is 0 Å². The number of rotatable bonds is 8. The van der Waals surface area contributed by atoms with Crippen LogP contribution in [0, 0.1) is 13.8 Å². The Labute approximate surface area is 192 Å². The topological polar surface area (TPSA) is 76.7 Å². The molecule has 0 saturated heterocycles. The number of anilines is 2. The monoisotopic (exact) mass is 450 g/mol. The summed E-state index contributed by atoms with van der Waals surface area (Å²) in [7, 11) is 3.07. The van der Waals surface area contributed by atoms with Crippen molar-refractivity contribution in [1.82, 2.24) is 0 Å². The molecule has 0 aliphatic heterocycles. The Balaban J connectivity index is 1.54. The summed E-state index contributed by atoms with van der Waals surface area (Å²) in [6.07, 6.45) is 0. The molecule has 3 aromatic carbocycles. The first-order valence-corrected chi connectivity index (χ1v) is 11.0. The third-order valence-electron chi connectivity index (χ3n) is 4.92. The maximum atomic E-state index is 12.5. The van der Waals surface area contributed by atoms with Crippen molar-refractivity contribution in [3.05, 3.63) is 77.4 Å². The molecule has 3 rings (SSSR count). The Morgan fingerprint density at radius 2 is 1.47 bits per heavy atom. The van der Waals surface area contributed by atoms with Crippen molar-refractivity contribution in [3.63, 3.8) is 0 Å². The lowest BCUT2D eigenvalue weighted by molar-refractivity contribution is -0.113. The molecule has 2 amide bonds. The summed E-state index contributed by atoms with van der Waals surface area (Å²) in [6.45, 7) is 4.06. The van der Waals surface area contributed by atoms with Crippen LogP contribution in [-0.2, 0) is 4.79 Å². The number of carbonyl (C=O) groups is 2. The van der Waals surface area contributed by atoms with E-state index in [1.807, 2.05) is 56.3 Å². The van der Waals surface area contributed by atoms with Gasteiger partial charge < -0.3 is 20.1 Å². The fourth-order valence-electron chi connectivity index (χ4n) is 2.98. The molecule has 0 heterocycles. The van der Waals surface area contributed by atoms with Crippen molar-refractivity contribution in [2.75, 3.05) is 30.6 Å². The summed E-state index contributed by atoms with van der Waals surface area (Å²) >= 11 is 1.43. The van der Waals surface area contributed by atoms with E-state index in [9.17, 15) is 9.59 Å². The van der Waals surface area contributed by atoms with Gasteiger partial charge in [-0.25, -0.2) is 0 Å². The van der Waals surface area contributed by atoms with Crippen LogP contribution in [0.15, 0.2) is 65.6 Å². The predicted octanol–water partition coefficient (Wildman–Crippen LogP) is 5.30. The minimum absolute atomic E-state index is 0.0657. The highest BCUT2D eigenvalue weighted by Crippen LogP contribution is 2.28. The number of carbonyl (C=O) groups excluding carboxylic acids is 2. The summed E-state index contributed by atoms with van der Waals surface area (Å²) in [6, 6.07) is 18.2. The van der Waals surface area contributed by atoms with E-state index in [0.717, 1.165) is 16.1 Å². The zero-order chi connectivity index (χ0) is 23.1. The van der Waals surface area contributed by atoms with Crippen LogP contribution in [0.25, 0.3) is 0 Å². The number of aryl methyl sites for hydroxylation is 2. The fraction of sp³-hybridized carbons (Fsp3) is 0.200. The van der Waals surface area contributed by atoms with Gasteiger partial charge in [0, 0.05) is 21.8 Å². The van der Waals surface area contributed by atoms with Gasteiger partial charge in [-0.15, -0.1) is 11.8 Å². The third kappa shape index (κ3) is 6.04. The highest BCUT2D eigenvalue weighted by Gasteiger charge is 2.11. The Hall–Kier alpha value is -3.45. The zero-order valence-corrected chi connectivity index (χ0v) is 19.3. The zero-order valence-electron chi connectivity index (χ0n) is 18.5. The van der Waals surface area contributed by atoms with Gasteiger partial charge in [0.2, 0.25) is 5.91 Å². The van der Waals surface area contributed by atoms with Crippen LogP contribution in [0.4, 0.5) is 11.4 Å².